The van der Waals surface area contributed by atoms with Gasteiger partial charge in [-0.2, -0.15) is 4.98 Å². The molecule has 2 heterocycles. The minimum atomic E-state index is -1.54. The third-order valence-corrected chi connectivity index (χ3v) is 2.34. The first-order valence-electron chi connectivity index (χ1n) is 4.55. The molecule has 8 heteroatoms. The first-order valence-corrected chi connectivity index (χ1v) is 4.55. The lowest BCUT2D eigenvalue weighted by Crippen LogP contribution is -2.35. The number of anilines is 1. The highest BCUT2D eigenvalue weighted by molar-refractivity contribution is 5.23. The quantitative estimate of drug-likeness (QED) is 0.415. The highest BCUT2D eigenvalue weighted by Crippen LogP contribution is 2.26. The van der Waals surface area contributed by atoms with Gasteiger partial charge in [0, 0.05) is 6.20 Å². The number of nitrogens with zero attached hydrogens (tertiary/aromatic N) is 2. The lowest BCUT2D eigenvalue weighted by atomic mass is 10.2. The summed E-state index contributed by atoms with van der Waals surface area (Å²) in [7, 11) is 0. The maximum atomic E-state index is 11.4. The van der Waals surface area contributed by atoms with Crippen molar-refractivity contribution in [2.45, 2.75) is 24.7 Å². The fourth-order valence-electron chi connectivity index (χ4n) is 1.49. The summed E-state index contributed by atoms with van der Waals surface area (Å²) in [4.78, 5) is 14.8. The van der Waals surface area contributed by atoms with Gasteiger partial charge in [-0.1, -0.05) is 0 Å². The average Bonchev–Trinajstić information content (AvgIpc) is 2.46. The molecule has 1 aromatic heterocycles. The van der Waals surface area contributed by atoms with Crippen molar-refractivity contribution < 1.29 is 20.1 Å². The third-order valence-electron chi connectivity index (χ3n) is 2.34. The molecule has 0 spiro atoms. The van der Waals surface area contributed by atoms with Crippen LogP contribution in [0.5, 0.6) is 0 Å². The average molecular weight is 229 g/mol. The van der Waals surface area contributed by atoms with Crippen LogP contribution in [0.25, 0.3) is 0 Å². The number of hydrogen-bond donors (Lipinski definition) is 4. The molecule has 1 aliphatic heterocycles. The van der Waals surface area contributed by atoms with E-state index in [1.807, 2.05) is 0 Å². The number of aliphatic hydroxyl groups excluding tert-OH is 3. The second kappa shape index (κ2) is 3.83. The number of ether oxygens (including phenoxy) is 1. The topological polar surface area (TPSA) is 131 Å². The Morgan fingerprint density at radius 2 is 2.06 bits per heavy atom. The third kappa shape index (κ3) is 1.67. The first-order chi connectivity index (χ1) is 7.50. The van der Waals surface area contributed by atoms with Gasteiger partial charge in [0.25, 0.3) is 0 Å². The van der Waals surface area contributed by atoms with Crippen molar-refractivity contribution >= 4 is 5.82 Å². The summed E-state index contributed by atoms with van der Waals surface area (Å²) in [6.07, 6.45) is -4.31. The van der Waals surface area contributed by atoms with Gasteiger partial charge in [0.15, 0.2) is 12.5 Å². The Kier molecular flexibility index (Phi) is 2.64. The van der Waals surface area contributed by atoms with E-state index < -0.39 is 30.4 Å². The van der Waals surface area contributed by atoms with Crippen molar-refractivity contribution in [3.8, 4) is 0 Å². The molecule has 0 aliphatic carbocycles. The first kappa shape index (κ1) is 11.0. The Morgan fingerprint density at radius 1 is 1.38 bits per heavy atom. The zero-order valence-electron chi connectivity index (χ0n) is 8.09. The molecule has 0 amide bonds. The minimum absolute atomic E-state index is 0.0369. The molecule has 1 aliphatic rings. The number of hydrogen-bond acceptors (Lipinski definition) is 7. The summed E-state index contributed by atoms with van der Waals surface area (Å²) in [6.45, 7) is 0. The molecular weight excluding hydrogens is 218 g/mol. The Hall–Kier alpha value is -1.48. The summed E-state index contributed by atoms with van der Waals surface area (Å²) >= 11 is 0. The molecule has 1 saturated heterocycles. The van der Waals surface area contributed by atoms with Gasteiger partial charge >= 0.3 is 5.69 Å². The van der Waals surface area contributed by atoms with Crippen LogP contribution < -0.4 is 11.4 Å². The van der Waals surface area contributed by atoms with E-state index in [-0.39, 0.29) is 5.82 Å². The second-order valence-electron chi connectivity index (χ2n) is 3.44. The Bertz CT molecular complexity index is 448. The summed E-state index contributed by atoms with van der Waals surface area (Å²) < 4.78 is 5.78. The zero-order chi connectivity index (χ0) is 11.9. The van der Waals surface area contributed by atoms with Gasteiger partial charge in [0.2, 0.25) is 0 Å². The van der Waals surface area contributed by atoms with Crippen molar-refractivity contribution in [3.63, 3.8) is 0 Å². The van der Waals surface area contributed by atoms with Gasteiger partial charge in [0.1, 0.15) is 18.0 Å². The van der Waals surface area contributed by atoms with E-state index in [2.05, 4.69) is 4.98 Å². The molecule has 4 unspecified atom stereocenters. The normalized spacial score (nSPS) is 34.2. The van der Waals surface area contributed by atoms with Crippen LogP contribution in [0.1, 0.15) is 6.23 Å². The van der Waals surface area contributed by atoms with Gasteiger partial charge in [0.05, 0.1) is 0 Å². The van der Waals surface area contributed by atoms with Crippen molar-refractivity contribution in [2.75, 3.05) is 5.73 Å². The van der Waals surface area contributed by atoms with E-state index in [9.17, 15) is 15.0 Å². The minimum Gasteiger partial charge on any atom is -0.385 e. The van der Waals surface area contributed by atoms with Crippen LogP contribution in [-0.4, -0.2) is 43.4 Å². The molecule has 16 heavy (non-hydrogen) atoms. The number of aliphatic hydroxyl groups is 3. The summed E-state index contributed by atoms with van der Waals surface area (Å²) in [5, 5.41) is 27.9. The number of rotatable bonds is 1. The molecule has 0 bridgehead atoms. The van der Waals surface area contributed by atoms with Gasteiger partial charge in [-0.25, -0.2) is 4.79 Å². The number of aromatic nitrogens is 2. The van der Waals surface area contributed by atoms with E-state index in [0.717, 1.165) is 4.57 Å². The largest absolute Gasteiger partial charge is 0.385 e. The van der Waals surface area contributed by atoms with E-state index in [1.54, 1.807) is 0 Å². The van der Waals surface area contributed by atoms with E-state index in [4.69, 9.17) is 15.6 Å². The highest BCUT2D eigenvalue weighted by Gasteiger charge is 2.43. The van der Waals surface area contributed by atoms with Gasteiger partial charge in [-0.3, -0.25) is 4.57 Å². The van der Waals surface area contributed by atoms with Crippen molar-refractivity contribution in [1.29, 1.82) is 0 Å². The predicted octanol–water partition coefficient (Wildman–Crippen LogP) is -2.61. The molecule has 1 aromatic rings. The van der Waals surface area contributed by atoms with Crippen LogP contribution >= 0.6 is 0 Å². The van der Waals surface area contributed by atoms with Gasteiger partial charge < -0.3 is 25.8 Å². The van der Waals surface area contributed by atoms with Crippen molar-refractivity contribution in [3.05, 3.63) is 22.7 Å². The Morgan fingerprint density at radius 3 is 2.56 bits per heavy atom. The summed E-state index contributed by atoms with van der Waals surface area (Å²) in [5.41, 5.74) is 4.56. The Balaban J connectivity index is 2.35. The van der Waals surface area contributed by atoms with Crippen LogP contribution in [0.3, 0.4) is 0 Å². The molecule has 5 N–H and O–H groups in total. The molecular formula is C8H11N3O5. The molecule has 0 aromatic carbocycles. The maximum Gasteiger partial charge on any atom is 0.351 e. The fraction of sp³-hybridized carbons (Fsp3) is 0.500. The van der Waals surface area contributed by atoms with Crippen LogP contribution in [-0.2, 0) is 4.74 Å². The maximum absolute atomic E-state index is 11.4. The highest BCUT2D eigenvalue weighted by atomic mass is 16.7. The fourth-order valence-corrected chi connectivity index (χ4v) is 1.49. The molecule has 1 fully saturated rings. The molecule has 0 radical (unpaired) electrons. The lowest BCUT2D eigenvalue weighted by Gasteiger charge is -2.16. The second-order valence-corrected chi connectivity index (χ2v) is 3.44. The van der Waals surface area contributed by atoms with E-state index >= 15 is 0 Å². The van der Waals surface area contributed by atoms with Gasteiger partial charge in [-0.15, -0.1) is 0 Å². The van der Waals surface area contributed by atoms with Crippen LogP contribution in [0.15, 0.2) is 17.1 Å². The van der Waals surface area contributed by atoms with E-state index in [0.29, 0.717) is 0 Å². The monoisotopic (exact) mass is 229 g/mol. The van der Waals surface area contributed by atoms with Crippen LogP contribution in [0.4, 0.5) is 5.82 Å². The van der Waals surface area contributed by atoms with E-state index in [1.165, 1.54) is 12.3 Å². The van der Waals surface area contributed by atoms with Crippen LogP contribution in [0, 0.1) is 0 Å². The smallest absolute Gasteiger partial charge is 0.351 e. The zero-order valence-corrected chi connectivity index (χ0v) is 8.09. The standard InChI is InChI=1S/C8H11N3O5/c9-3-1-2-11(8(15)10-3)6-4(12)5(13)7(14)16-6/h1-2,4-7,12-14H,(H2,9,10,15). The summed E-state index contributed by atoms with van der Waals surface area (Å²) in [6, 6.07) is 1.34. The molecule has 88 valence electrons. The number of nitrogen functional groups attached to an aromatic ring is 1. The summed E-state index contributed by atoms with van der Waals surface area (Å²) in [5.74, 6) is 0.0369. The van der Waals surface area contributed by atoms with Crippen molar-refractivity contribution in [2.24, 2.45) is 0 Å². The SMILES string of the molecule is Nc1ccn(C2OC(O)C(O)C2O)c(=O)n1. The lowest BCUT2D eigenvalue weighted by molar-refractivity contribution is -0.142. The molecule has 8 nitrogen and oxygen atoms in total. The predicted molar refractivity (Wildman–Crippen MR) is 51.1 cm³/mol. The Labute approximate surface area is 89.5 Å². The molecule has 0 saturated carbocycles. The van der Waals surface area contributed by atoms with Crippen LogP contribution in [0.2, 0.25) is 0 Å². The number of nitrogens with two attached hydrogens (primary N) is 1. The van der Waals surface area contributed by atoms with Gasteiger partial charge in [-0.05, 0) is 6.07 Å². The molecule has 2 rings (SSSR count). The molecule has 4 atom stereocenters. The van der Waals surface area contributed by atoms with Crippen molar-refractivity contribution in [1.82, 2.24) is 9.55 Å².